The molecular weight excluding hydrogens is 342 g/mol. The van der Waals surface area contributed by atoms with Crippen molar-refractivity contribution in [2.75, 3.05) is 11.9 Å². The highest BCUT2D eigenvalue weighted by molar-refractivity contribution is 7.14. The third-order valence-corrected chi connectivity index (χ3v) is 4.93. The van der Waals surface area contributed by atoms with Crippen LogP contribution in [0, 0.1) is 13.8 Å². The van der Waals surface area contributed by atoms with E-state index in [0.29, 0.717) is 6.54 Å². The lowest BCUT2D eigenvalue weighted by molar-refractivity contribution is -0.118. The van der Waals surface area contributed by atoms with Crippen LogP contribution < -0.4 is 10.6 Å². The molecule has 2 N–H and O–H groups in total. The number of aryl methyl sites for hydroxylation is 2. The van der Waals surface area contributed by atoms with Crippen molar-refractivity contribution in [3.8, 4) is 11.3 Å². The Morgan fingerprint density at radius 1 is 1.12 bits per heavy atom. The van der Waals surface area contributed by atoms with Crippen LogP contribution in [0.25, 0.3) is 11.3 Å². The molecule has 1 heterocycles. The number of nitrogens with one attached hydrogen (secondary N) is 2. The van der Waals surface area contributed by atoms with Crippen molar-refractivity contribution in [1.82, 2.24) is 10.3 Å². The molecule has 0 aliphatic heterocycles. The largest absolute Gasteiger partial charge is 0.356 e. The van der Waals surface area contributed by atoms with Gasteiger partial charge < -0.3 is 10.6 Å². The van der Waals surface area contributed by atoms with Crippen LogP contribution in [-0.4, -0.2) is 17.4 Å². The summed E-state index contributed by atoms with van der Waals surface area (Å²) >= 11 is 1.61. The van der Waals surface area contributed by atoms with Crippen LogP contribution in [0.15, 0.2) is 47.8 Å². The van der Waals surface area contributed by atoms with E-state index >= 15 is 0 Å². The minimum Gasteiger partial charge on any atom is -0.356 e. The van der Waals surface area contributed by atoms with Crippen LogP contribution in [0.2, 0.25) is 0 Å². The maximum Gasteiger partial charge on any atom is 0.216 e. The molecule has 0 aliphatic carbocycles. The van der Waals surface area contributed by atoms with Gasteiger partial charge in [0.2, 0.25) is 5.91 Å². The van der Waals surface area contributed by atoms with E-state index in [0.717, 1.165) is 28.5 Å². The van der Waals surface area contributed by atoms with E-state index in [1.807, 2.05) is 0 Å². The maximum absolute atomic E-state index is 10.9. The van der Waals surface area contributed by atoms with Crippen molar-refractivity contribution in [2.45, 2.75) is 27.2 Å². The summed E-state index contributed by atoms with van der Waals surface area (Å²) in [5.41, 5.74) is 6.79. The fraction of sp³-hybridized carbons (Fsp3) is 0.238. The lowest BCUT2D eigenvalue weighted by Gasteiger charge is -2.07. The number of hydrogen-bond acceptors (Lipinski definition) is 4. The number of rotatable bonds is 6. The van der Waals surface area contributed by atoms with Crippen molar-refractivity contribution in [2.24, 2.45) is 0 Å². The van der Waals surface area contributed by atoms with Gasteiger partial charge in [-0.1, -0.05) is 36.4 Å². The molecule has 0 fully saturated rings. The second kappa shape index (κ2) is 8.15. The second-order valence-corrected chi connectivity index (χ2v) is 7.27. The standard InChI is InChI=1S/C21H23N3OS/c1-14-4-5-15(2)19(12-14)23-21-24-20(13-26-21)18-8-6-17(7-9-18)10-11-22-16(3)25/h4-9,12-13H,10-11H2,1-3H3,(H,22,25)(H,23,24). The Balaban J connectivity index is 1.67. The van der Waals surface area contributed by atoms with Crippen LogP contribution in [-0.2, 0) is 11.2 Å². The van der Waals surface area contributed by atoms with Gasteiger partial charge in [-0.2, -0.15) is 0 Å². The zero-order valence-corrected chi connectivity index (χ0v) is 16.1. The highest BCUT2D eigenvalue weighted by Crippen LogP contribution is 2.28. The smallest absolute Gasteiger partial charge is 0.216 e. The fourth-order valence-electron chi connectivity index (χ4n) is 2.67. The minimum absolute atomic E-state index is 0.00738. The number of anilines is 2. The molecule has 3 aromatic rings. The molecule has 4 nitrogen and oxygen atoms in total. The van der Waals surface area contributed by atoms with Crippen molar-refractivity contribution in [3.63, 3.8) is 0 Å². The SMILES string of the molecule is CC(=O)NCCc1ccc(-c2csc(Nc3cc(C)ccc3C)n2)cc1. The molecule has 5 heteroatoms. The van der Waals surface area contributed by atoms with Crippen molar-refractivity contribution >= 4 is 28.1 Å². The molecule has 0 spiro atoms. The molecule has 1 aromatic heterocycles. The number of carbonyl (C=O) groups excluding carboxylic acids is 1. The van der Waals surface area contributed by atoms with Gasteiger partial charge in [-0.25, -0.2) is 4.98 Å². The van der Waals surface area contributed by atoms with Gasteiger partial charge in [0, 0.05) is 30.1 Å². The van der Waals surface area contributed by atoms with Gasteiger partial charge in [-0.05, 0) is 43.0 Å². The van der Waals surface area contributed by atoms with Gasteiger partial charge >= 0.3 is 0 Å². The molecule has 0 saturated carbocycles. The summed E-state index contributed by atoms with van der Waals surface area (Å²) in [4.78, 5) is 15.6. The van der Waals surface area contributed by atoms with Crippen molar-refractivity contribution in [1.29, 1.82) is 0 Å². The first kappa shape index (κ1) is 18.1. The first-order valence-corrected chi connectivity index (χ1v) is 9.53. The summed E-state index contributed by atoms with van der Waals surface area (Å²) in [6, 6.07) is 14.7. The predicted octanol–water partition coefficient (Wildman–Crippen LogP) is 4.85. The molecule has 0 saturated heterocycles. The molecular formula is C21H23N3OS. The van der Waals surface area contributed by atoms with Crippen LogP contribution in [0.1, 0.15) is 23.6 Å². The number of amides is 1. The monoisotopic (exact) mass is 365 g/mol. The lowest BCUT2D eigenvalue weighted by Crippen LogP contribution is -2.22. The second-order valence-electron chi connectivity index (χ2n) is 6.41. The number of aromatic nitrogens is 1. The topological polar surface area (TPSA) is 54.0 Å². The number of thiazole rings is 1. The molecule has 1 amide bonds. The Labute approximate surface area is 158 Å². The number of carbonyl (C=O) groups is 1. The molecule has 0 aliphatic rings. The number of benzene rings is 2. The molecule has 0 unspecified atom stereocenters. The van der Waals surface area contributed by atoms with Crippen LogP contribution >= 0.6 is 11.3 Å². The Kier molecular flexibility index (Phi) is 5.68. The van der Waals surface area contributed by atoms with Crippen molar-refractivity contribution in [3.05, 3.63) is 64.5 Å². The summed E-state index contributed by atoms with van der Waals surface area (Å²) < 4.78 is 0. The summed E-state index contributed by atoms with van der Waals surface area (Å²) in [6.45, 7) is 6.38. The summed E-state index contributed by atoms with van der Waals surface area (Å²) in [5.74, 6) is 0.00738. The molecule has 2 aromatic carbocycles. The Hall–Kier alpha value is -2.66. The zero-order valence-electron chi connectivity index (χ0n) is 15.3. The predicted molar refractivity (Wildman–Crippen MR) is 109 cm³/mol. The van der Waals surface area contributed by atoms with Crippen LogP contribution in [0.4, 0.5) is 10.8 Å². The van der Waals surface area contributed by atoms with E-state index in [2.05, 4.69) is 72.3 Å². The quantitative estimate of drug-likeness (QED) is 0.656. The minimum atomic E-state index is 0.00738. The van der Waals surface area contributed by atoms with Crippen LogP contribution in [0.3, 0.4) is 0 Å². The molecule has 0 bridgehead atoms. The maximum atomic E-state index is 10.9. The third kappa shape index (κ3) is 4.70. The summed E-state index contributed by atoms with van der Waals surface area (Å²) in [7, 11) is 0. The highest BCUT2D eigenvalue weighted by atomic mass is 32.1. The van der Waals surface area contributed by atoms with Gasteiger partial charge in [0.05, 0.1) is 5.69 Å². The van der Waals surface area contributed by atoms with Gasteiger partial charge in [0.25, 0.3) is 0 Å². The average molecular weight is 366 g/mol. The van der Waals surface area contributed by atoms with E-state index in [1.54, 1.807) is 11.3 Å². The molecule has 134 valence electrons. The van der Waals surface area contributed by atoms with Crippen LogP contribution in [0.5, 0.6) is 0 Å². The summed E-state index contributed by atoms with van der Waals surface area (Å²) in [5, 5.41) is 9.20. The Morgan fingerprint density at radius 3 is 2.62 bits per heavy atom. The summed E-state index contributed by atoms with van der Waals surface area (Å²) in [6.07, 6.45) is 0.830. The van der Waals surface area contributed by atoms with E-state index in [-0.39, 0.29) is 5.91 Å². The molecule has 3 rings (SSSR count). The fourth-order valence-corrected chi connectivity index (χ4v) is 3.41. The normalized spacial score (nSPS) is 10.6. The lowest BCUT2D eigenvalue weighted by atomic mass is 10.1. The average Bonchev–Trinajstić information content (AvgIpc) is 3.07. The molecule has 26 heavy (non-hydrogen) atoms. The van der Waals surface area contributed by atoms with Gasteiger partial charge in [-0.3, -0.25) is 4.79 Å². The highest BCUT2D eigenvalue weighted by Gasteiger charge is 2.07. The van der Waals surface area contributed by atoms with E-state index in [4.69, 9.17) is 4.98 Å². The third-order valence-electron chi connectivity index (χ3n) is 4.18. The first-order valence-electron chi connectivity index (χ1n) is 8.65. The molecule has 0 atom stereocenters. The van der Waals surface area contributed by atoms with Gasteiger partial charge in [0.15, 0.2) is 5.13 Å². The van der Waals surface area contributed by atoms with E-state index in [9.17, 15) is 4.79 Å². The Morgan fingerprint density at radius 2 is 1.88 bits per heavy atom. The van der Waals surface area contributed by atoms with Crippen molar-refractivity contribution < 1.29 is 4.79 Å². The van der Waals surface area contributed by atoms with Gasteiger partial charge in [-0.15, -0.1) is 11.3 Å². The zero-order chi connectivity index (χ0) is 18.5. The van der Waals surface area contributed by atoms with E-state index in [1.165, 1.54) is 23.6 Å². The first-order chi connectivity index (χ1) is 12.5. The number of nitrogens with zero attached hydrogens (tertiary/aromatic N) is 1. The van der Waals surface area contributed by atoms with E-state index < -0.39 is 0 Å². The number of hydrogen-bond donors (Lipinski definition) is 2. The Bertz CT molecular complexity index is 900. The molecule has 0 radical (unpaired) electrons. The van der Waals surface area contributed by atoms with Gasteiger partial charge in [0.1, 0.15) is 0 Å².